The van der Waals surface area contributed by atoms with Gasteiger partial charge in [0, 0.05) is 54.6 Å². The van der Waals surface area contributed by atoms with Crippen molar-refractivity contribution < 1.29 is 41.8 Å². The van der Waals surface area contributed by atoms with Gasteiger partial charge in [-0.3, -0.25) is 23.9 Å². The lowest BCUT2D eigenvalue weighted by Crippen LogP contribution is -2.60. The van der Waals surface area contributed by atoms with Crippen molar-refractivity contribution in [2.75, 3.05) is 26.9 Å². The predicted molar refractivity (Wildman–Crippen MR) is 242 cm³/mol. The van der Waals surface area contributed by atoms with Crippen molar-refractivity contribution >= 4 is 44.6 Å². The number of pyridine rings is 1. The molecule has 2 aliphatic heterocycles. The standard InChI is InChI=1S/C49H57N5O9S/c1-6-34-29-49(34,46(58)53-64(59,60)48(21-22-48)28-31-13-9-7-10-14-31)52-44(56)40-26-36(30-54(40)45(57)42(47(2,3)4)51-43(55)33-19-23-62-24-20-33)63-41-27-38(32-15-11-8-12-16-32)50-39-25-35(61-5)17-18-37(39)41/h6-18,25,27,33-34,36,40,42H,1,19-24,26,28-30H2,2-5H3,(H,51,55)(H,52,56)(H,53,58). The number of amides is 4. The summed E-state index contributed by atoms with van der Waals surface area (Å²) in [5, 5.41) is 6.62. The monoisotopic (exact) mass is 891 g/mol. The molecule has 5 atom stereocenters. The molecule has 14 nitrogen and oxygen atoms in total. The third-order valence-electron chi connectivity index (χ3n) is 13.2. The highest BCUT2D eigenvalue weighted by atomic mass is 32.2. The number of ether oxygens (including phenoxy) is 3. The first-order valence-electron chi connectivity index (χ1n) is 22.0. The van der Waals surface area contributed by atoms with Crippen LogP contribution < -0.4 is 24.8 Å². The van der Waals surface area contributed by atoms with Crippen LogP contribution in [-0.2, 0) is 40.4 Å². The molecule has 338 valence electrons. The number of carbonyl (C=O) groups excluding carboxylic acids is 4. The van der Waals surface area contributed by atoms with Crippen LogP contribution in [0.1, 0.15) is 64.9 Å². The van der Waals surface area contributed by atoms with E-state index >= 15 is 0 Å². The van der Waals surface area contributed by atoms with Crippen LogP contribution in [-0.4, -0.2) is 97.3 Å². The maximum Gasteiger partial charge on any atom is 0.259 e. The smallest absolute Gasteiger partial charge is 0.259 e. The summed E-state index contributed by atoms with van der Waals surface area (Å²) in [4.78, 5) is 64.0. The molecule has 4 aromatic rings. The van der Waals surface area contributed by atoms with E-state index in [0.717, 1.165) is 11.1 Å². The van der Waals surface area contributed by atoms with Crippen LogP contribution >= 0.6 is 0 Å². The number of nitrogens with zero attached hydrogens (tertiary/aromatic N) is 2. The Balaban J connectivity index is 1.10. The van der Waals surface area contributed by atoms with Crippen LogP contribution in [0.25, 0.3) is 22.2 Å². The first-order valence-corrected chi connectivity index (χ1v) is 23.5. The van der Waals surface area contributed by atoms with Crippen molar-refractivity contribution in [2.24, 2.45) is 17.3 Å². The minimum atomic E-state index is -4.17. The lowest BCUT2D eigenvalue weighted by atomic mass is 9.84. The molecule has 3 aromatic carbocycles. The maximum absolute atomic E-state index is 15.0. The van der Waals surface area contributed by atoms with Gasteiger partial charge in [-0.25, -0.2) is 13.4 Å². The topological polar surface area (TPSA) is 182 Å². The quantitative estimate of drug-likeness (QED) is 0.129. The number of fused-ring (bicyclic) bond motifs is 1. The fourth-order valence-corrected chi connectivity index (χ4v) is 10.7. The summed E-state index contributed by atoms with van der Waals surface area (Å²) >= 11 is 0. The van der Waals surface area contributed by atoms with Crippen molar-refractivity contribution in [3.05, 3.63) is 103 Å². The largest absolute Gasteiger partial charge is 0.497 e. The summed E-state index contributed by atoms with van der Waals surface area (Å²) in [6, 6.07) is 24.0. The molecule has 8 rings (SSSR count). The van der Waals surface area contributed by atoms with Crippen molar-refractivity contribution in [3.63, 3.8) is 0 Å². The average Bonchev–Trinajstić information content (AvgIpc) is 4.19. The molecule has 0 radical (unpaired) electrons. The van der Waals surface area contributed by atoms with E-state index in [4.69, 9.17) is 19.2 Å². The van der Waals surface area contributed by atoms with Gasteiger partial charge in [0.25, 0.3) is 5.91 Å². The number of hydrogen-bond donors (Lipinski definition) is 3. The van der Waals surface area contributed by atoms with E-state index in [9.17, 15) is 27.6 Å². The number of nitrogens with one attached hydrogen (secondary N) is 3. The number of rotatable bonds is 15. The van der Waals surface area contributed by atoms with Crippen LogP contribution in [0.5, 0.6) is 11.5 Å². The number of sulfonamides is 1. The molecule has 4 amide bonds. The molecule has 2 saturated heterocycles. The number of likely N-dealkylation sites (tertiary alicyclic amines) is 1. The summed E-state index contributed by atoms with van der Waals surface area (Å²) < 4.78 is 46.8. The predicted octanol–water partition coefficient (Wildman–Crippen LogP) is 5.50. The van der Waals surface area contributed by atoms with Gasteiger partial charge < -0.3 is 29.7 Å². The Hall–Kier alpha value is -5.80. The van der Waals surface area contributed by atoms with Crippen LogP contribution in [0.15, 0.2) is 97.6 Å². The van der Waals surface area contributed by atoms with Gasteiger partial charge in [0.2, 0.25) is 27.7 Å². The normalized spacial score (nSPS) is 23.4. The lowest BCUT2D eigenvalue weighted by molar-refractivity contribution is -0.145. The number of methoxy groups -OCH3 is 1. The van der Waals surface area contributed by atoms with E-state index in [1.54, 1.807) is 13.2 Å². The summed E-state index contributed by atoms with van der Waals surface area (Å²) in [6.07, 6.45) is 3.02. The fraction of sp³-hybridized carbons (Fsp3) is 0.449. The Morgan fingerprint density at radius 2 is 1.66 bits per heavy atom. The zero-order chi connectivity index (χ0) is 45.4. The highest BCUT2D eigenvalue weighted by Gasteiger charge is 2.63. The molecule has 0 bridgehead atoms. The molecule has 4 aliphatic rings. The molecular weight excluding hydrogens is 835 g/mol. The van der Waals surface area contributed by atoms with E-state index in [1.807, 2.05) is 99.6 Å². The summed E-state index contributed by atoms with van der Waals surface area (Å²) in [7, 11) is -2.59. The second kappa shape index (κ2) is 17.6. The van der Waals surface area contributed by atoms with Crippen LogP contribution in [0.4, 0.5) is 0 Å². The van der Waals surface area contributed by atoms with E-state index in [2.05, 4.69) is 21.9 Å². The number of carbonyl (C=O) groups is 4. The van der Waals surface area contributed by atoms with Gasteiger partial charge in [0.1, 0.15) is 35.2 Å². The summed E-state index contributed by atoms with van der Waals surface area (Å²) in [5.74, 6) is -2.06. The molecular formula is C49H57N5O9S. The Bertz CT molecular complexity index is 2540. The summed E-state index contributed by atoms with van der Waals surface area (Å²) in [5.41, 5.74) is 0.556. The van der Waals surface area contributed by atoms with Crippen LogP contribution in [0.2, 0.25) is 0 Å². The van der Waals surface area contributed by atoms with Gasteiger partial charge in [-0.2, -0.15) is 0 Å². The molecule has 1 aromatic heterocycles. The molecule has 2 saturated carbocycles. The van der Waals surface area contributed by atoms with Crippen molar-refractivity contribution in [2.45, 2.75) is 94.2 Å². The SMILES string of the molecule is C=CC1CC1(NC(=O)C1CC(Oc2cc(-c3ccccc3)nc3cc(OC)ccc23)CN1C(=O)C(NC(=O)C1CCOCC1)C(C)(C)C)C(=O)NS(=O)(=O)C1(Cc2ccccc2)CC1. The van der Waals surface area contributed by atoms with Gasteiger partial charge in [0.15, 0.2) is 0 Å². The molecule has 5 unspecified atom stereocenters. The molecule has 64 heavy (non-hydrogen) atoms. The van der Waals surface area contributed by atoms with E-state index in [-0.39, 0.29) is 37.6 Å². The van der Waals surface area contributed by atoms with Gasteiger partial charge in [-0.1, -0.05) is 87.5 Å². The molecule has 4 fully saturated rings. The van der Waals surface area contributed by atoms with Crippen molar-refractivity contribution in [1.29, 1.82) is 0 Å². The van der Waals surface area contributed by atoms with Crippen molar-refractivity contribution in [3.8, 4) is 22.8 Å². The minimum absolute atomic E-state index is 0.0257. The van der Waals surface area contributed by atoms with E-state index in [0.29, 0.717) is 67.0 Å². The Labute approximate surface area is 374 Å². The third-order valence-corrected chi connectivity index (χ3v) is 15.4. The minimum Gasteiger partial charge on any atom is -0.497 e. The molecule has 0 spiro atoms. The van der Waals surface area contributed by atoms with Gasteiger partial charge in [-0.05, 0) is 61.6 Å². The molecule has 3 N–H and O–H groups in total. The first-order chi connectivity index (χ1) is 30.6. The zero-order valence-corrected chi connectivity index (χ0v) is 37.6. The number of benzene rings is 3. The number of aromatic nitrogens is 1. The van der Waals surface area contributed by atoms with E-state index in [1.165, 1.54) is 11.0 Å². The average molecular weight is 892 g/mol. The van der Waals surface area contributed by atoms with Gasteiger partial charge in [-0.15, -0.1) is 6.58 Å². The Kier molecular flexibility index (Phi) is 12.3. The second-order valence-corrected chi connectivity index (χ2v) is 20.8. The summed E-state index contributed by atoms with van der Waals surface area (Å²) in [6.45, 7) is 10.3. The van der Waals surface area contributed by atoms with Crippen LogP contribution in [0.3, 0.4) is 0 Å². The Morgan fingerprint density at radius 1 is 0.969 bits per heavy atom. The zero-order valence-electron chi connectivity index (χ0n) is 36.8. The Morgan fingerprint density at radius 3 is 2.28 bits per heavy atom. The second-order valence-electron chi connectivity index (χ2n) is 18.7. The first kappa shape index (κ1) is 44.8. The van der Waals surface area contributed by atoms with Crippen LogP contribution in [0, 0.1) is 17.3 Å². The molecule has 15 heteroatoms. The van der Waals surface area contributed by atoms with E-state index < -0.39 is 67.6 Å². The van der Waals surface area contributed by atoms with Gasteiger partial charge in [0.05, 0.1) is 29.6 Å². The highest BCUT2D eigenvalue weighted by molar-refractivity contribution is 7.91. The molecule has 2 aliphatic carbocycles. The van der Waals surface area contributed by atoms with Gasteiger partial charge >= 0.3 is 0 Å². The third kappa shape index (κ3) is 9.10. The van der Waals surface area contributed by atoms with Crippen molar-refractivity contribution in [1.82, 2.24) is 25.2 Å². The number of hydrogen-bond acceptors (Lipinski definition) is 10. The lowest BCUT2D eigenvalue weighted by Gasteiger charge is -2.36. The fourth-order valence-electron chi connectivity index (χ4n) is 9.05. The highest BCUT2D eigenvalue weighted by Crippen LogP contribution is 2.49. The molecule has 3 heterocycles. The maximum atomic E-state index is 15.0.